The van der Waals surface area contributed by atoms with Crippen LogP contribution in [0.25, 0.3) is 11.4 Å². The van der Waals surface area contributed by atoms with Gasteiger partial charge in [0.15, 0.2) is 0 Å². The van der Waals surface area contributed by atoms with Crippen molar-refractivity contribution in [1.82, 2.24) is 24.8 Å². The van der Waals surface area contributed by atoms with Gasteiger partial charge in [-0.25, -0.2) is 9.48 Å². The third-order valence-corrected chi connectivity index (χ3v) is 2.52. The summed E-state index contributed by atoms with van der Waals surface area (Å²) in [7, 11) is 1.82. The Kier molecular flexibility index (Phi) is 2.66. The summed E-state index contributed by atoms with van der Waals surface area (Å²) in [6, 6.07) is -0.736. The molecule has 2 aromatic rings. The highest BCUT2D eigenvalue weighted by atomic mass is 16.4. The molecule has 0 spiro atoms. The SMILES string of the molecule is Cc1cn(C)nc1-c1cn(C(C)C(=O)O)nn1. The van der Waals surface area contributed by atoms with Gasteiger partial charge in [-0.2, -0.15) is 5.10 Å². The fraction of sp³-hybridized carbons (Fsp3) is 0.400. The summed E-state index contributed by atoms with van der Waals surface area (Å²) < 4.78 is 3.00. The zero-order valence-electron chi connectivity index (χ0n) is 9.82. The molecule has 0 fully saturated rings. The average Bonchev–Trinajstić information content (AvgIpc) is 2.83. The van der Waals surface area contributed by atoms with E-state index >= 15 is 0 Å². The van der Waals surface area contributed by atoms with E-state index in [2.05, 4.69) is 15.4 Å². The normalized spacial score (nSPS) is 12.6. The van der Waals surface area contributed by atoms with Gasteiger partial charge >= 0.3 is 5.97 Å². The summed E-state index contributed by atoms with van der Waals surface area (Å²) in [5.41, 5.74) is 2.27. The van der Waals surface area contributed by atoms with Gasteiger partial charge in [0.05, 0.1) is 6.20 Å². The first-order valence-corrected chi connectivity index (χ1v) is 5.14. The van der Waals surface area contributed by atoms with Gasteiger partial charge in [0.2, 0.25) is 0 Å². The largest absolute Gasteiger partial charge is 0.480 e. The van der Waals surface area contributed by atoms with E-state index in [9.17, 15) is 4.79 Å². The topological polar surface area (TPSA) is 85.8 Å². The summed E-state index contributed by atoms with van der Waals surface area (Å²) in [6.45, 7) is 3.47. The molecule has 2 aromatic heterocycles. The molecule has 1 unspecified atom stereocenters. The van der Waals surface area contributed by atoms with E-state index in [-0.39, 0.29) is 0 Å². The molecule has 0 aliphatic carbocycles. The number of aromatic nitrogens is 5. The second kappa shape index (κ2) is 4.00. The molecule has 0 aromatic carbocycles. The summed E-state index contributed by atoms with van der Waals surface area (Å²) >= 11 is 0. The Labute approximate surface area is 97.7 Å². The first kappa shape index (κ1) is 11.3. The summed E-state index contributed by atoms with van der Waals surface area (Å²) in [5, 5.41) is 20.9. The molecule has 17 heavy (non-hydrogen) atoms. The highest BCUT2D eigenvalue weighted by Gasteiger charge is 2.17. The first-order valence-electron chi connectivity index (χ1n) is 5.14. The van der Waals surface area contributed by atoms with Crippen LogP contribution in [0.4, 0.5) is 0 Å². The van der Waals surface area contributed by atoms with Crippen LogP contribution in [0.15, 0.2) is 12.4 Å². The van der Waals surface area contributed by atoms with Gasteiger partial charge in [-0.1, -0.05) is 5.21 Å². The molecule has 7 nitrogen and oxygen atoms in total. The van der Waals surface area contributed by atoms with Crippen molar-refractivity contribution in [2.24, 2.45) is 7.05 Å². The van der Waals surface area contributed by atoms with E-state index in [0.29, 0.717) is 5.69 Å². The van der Waals surface area contributed by atoms with Crippen LogP contribution in [-0.2, 0) is 11.8 Å². The van der Waals surface area contributed by atoms with E-state index in [1.165, 1.54) is 4.68 Å². The van der Waals surface area contributed by atoms with Crippen LogP contribution in [-0.4, -0.2) is 35.9 Å². The molecule has 0 bridgehead atoms. The highest BCUT2D eigenvalue weighted by Crippen LogP contribution is 2.19. The molecule has 7 heteroatoms. The number of hydrogen-bond donors (Lipinski definition) is 1. The molecule has 2 rings (SSSR count). The minimum Gasteiger partial charge on any atom is -0.480 e. The Bertz CT molecular complexity index is 557. The third kappa shape index (κ3) is 2.03. The van der Waals surface area contributed by atoms with E-state index < -0.39 is 12.0 Å². The Balaban J connectivity index is 2.36. The van der Waals surface area contributed by atoms with Crippen molar-refractivity contribution < 1.29 is 9.90 Å². The average molecular weight is 235 g/mol. The van der Waals surface area contributed by atoms with Crippen molar-refractivity contribution in [1.29, 1.82) is 0 Å². The Morgan fingerprint density at radius 2 is 2.18 bits per heavy atom. The molecule has 1 atom stereocenters. The number of aryl methyl sites for hydroxylation is 2. The minimum absolute atomic E-state index is 0.580. The number of carboxylic acid groups (broad SMARTS) is 1. The van der Waals surface area contributed by atoms with Crippen molar-refractivity contribution in [3.8, 4) is 11.4 Å². The van der Waals surface area contributed by atoms with Gasteiger partial charge in [0.1, 0.15) is 17.4 Å². The maximum atomic E-state index is 10.8. The van der Waals surface area contributed by atoms with Crippen molar-refractivity contribution in [3.63, 3.8) is 0 Å². The number of carboxylic acids is 1. The predicted molar refractivity (Wildman–Crippen MR) is 59.3 cm³/mol. The molecule has 0 saturated heterocycles. The third-order valence-electron chi connectivity index (χ3n) is 2.52. The van der Waals surface area contributed by atoms with E-state index in [1.54, 1.807) is 17.8 Å². The monoisotopic (exact) mass is 235 g/mol. The second-order valence-electron chi connectivity index (χ2n) is 3.93. The van der Waals surface area contributed by atoms with Gasteiger partial charge in [0.25, 0.3) is 0 Å². The number of nitrogens with zero attached hydrogens (tertiary/aromatic N) is 5. The van der Waals surface area contributed by atoms with Crippen molar-refractivity contribution in [2.45, 2.75) is 19.9 Å². The highest BCUT2D eigenvalue weighted by molar-refractivity contribution is 5.71. The summed E-state index contributed by atoms with van der Waals surface area (Å²) in [4.78, 5) is 10.8. The van der Waals surface area contributed by atoms with Gasteiger partial charge in [-0.15, -0.1) is 5.10 Å². The van der Waals surface area contributed by atoms with Gasteiger partial charge in [-0.05, 0) is 19.4 Å². The zero-order chi connectivity index (χ0) is 12.6. The van der Waals surface area contributed by atoms with Crippen LogP contribution in [0, 0.1) is 6.92 Å². The lowest BCUT2D eigenvalue weighted by Gasteiger charge is -2.03. The van der Waals surface area contributed by atoms with Crippen LogP contribution >= 0.6 is 0 Å². The maximum Gasteiger partial charge on any atom is 0.328 e. The second-order valence-corrected chi connectivity index (χ2v) is 3.93. The fourth-order valence-electron chi connectivity index (χ4n) is 1.55. The molecular formula is C10H13N5O2. The molecule has 0 saturated carbocycles. The molecular weight excluding hydrogens is 222 g/mol. The Morgan fingerprint density at radius 3 is 2.71 bits per heavy atom. The lowest BCUT2D eigenvalue weighted by Crippen LogP contribution is -2.15. The molecule has 0 aliphatic rings. The molecule has 2 heterocycles. The van der Waals surface area contributed by atoms with E-state index in [1.807, 2.05) is 20.2 Å². The van der Waals surface area contributed by atoms with E-state index in [0.717, 1.165) is 11.3 Å². The molecule has 90 valence electrons. The number of hydrogen-bond acceptors (Lipinski definition) is 4. The van der Waals surface area contributed by atoms with Crippen molar-refractivity contribution >= 4 is 5.97 Å². The molecule has 0 radical (unpaired) electrons. The lowest BCUT2D eigenvalue weighted by molar-refractivity contribution is -0.140. The van der Waals surface area contributed by atoms with Crippen molar-refractivity contribution in [2.75, 3.05) is 0 Å². The lowest BCUT2D eigenvalue weighted by atomic mass is 10.2. The minimum atomic E-state index is -0.945. The quantitative estimate of drug-likeness (QED) is 0.843. The van der Waals surface area contributed by atoms with Gasteiger partial charge in [-0.3, -0.25) is 4.68 Å². The van der Waals surface area contributed by atoms with Crippen molar-refractivity contribution in [3.05, 3.63) is 18.0 Å². The number of aliphatic carboxylic acids is 1. The van der Waals surface area contributed by atoms with Gasteiger partial charge in [0, 0.05) is 13.2 Å². The Hall–Kier alpha value is -2.18. The molecule has 0 aliphatic heterocycles. The smallest absolute Gasteiger partial charge is 0.328 e. The summed E-state index contributed by atoms with van der Waals surface area (Å²) in [5.74, 6) is -0.945. The predicted octanol–water partition coefficient (Wildman–Crippen LogP) is 0.633. The van der Waals surface area contributed by atoms with Gasteiger partial charge < -0.3 is 5.11 Å². The first-order chi connectivity index (χ1) is 7.99. The maximum absolute atomic E-state index is 10.8. The van der Waals surface area contributed by atoms with Crippen LogP contribution in [0.1, 0.15) is 18.5 Å². The van der Waals surface area contributed by atoms with Crippen LogP contribution in [0.3, 0.4) is 0 Å². The zero-order valence-corrected chi connectivity index (χ0v) is 9.82. The molecule has 1 N–H and O–H groups in total. The fourth-order valence-corrected chi connectivity index (χ4v) is 1.55. The summed E-state index contributed by atoms with van der Waals surface area (Å²) in [6.07, 6.45) is 3.46. The van der Waals surface area contributed by atoms with Crippen LogP contribution in [0.5, 0.6) is 0 Å². The standard InChI is InChI=1S/C10H13N5O2/c1-6-4-14(3)12-9(6)8-5-15(13-11-8)7(2)10(16)17/h4-5,7H,1-3H3,(H,16,17). The Morgan fingerprint density at radius 1 is 1.47 bits per heavy atom. The molecule has 0 amide bonds. The number of rotatable bonds is 3. The van der Waals surface area contributed by atoms with E-state index in [4.69, 9.17) is 5.11 Å². The van der Waals surface area contributed by atoms with Crippen LogP contribution < -0.4 is 0 Å². The van der Waals surface area contributed by atoms with Crippen LogP contribution in [0.2, 0.25) is 0 Å². The number of carbonyl (C=O) groups is 1.